The van der Waals surface area contributed by atoms with Crippen molar-refractivity contribution in [1.82, 2.24) is 10.6 Å². The van der Waals surface area contributed by atoms with Crippen LogP contribution in [-0.2, 0) is 13.0 Å². The van der Waals surface area contributed by atoms with Gasteiger partial charge in [0.25, 0.3) is 0 Å². The van der Waals surface area contributed by atoms with E-state index in [1.807, 2.05) is 24.3 Å². The molecule has 0 radical (unpaired) electrons. The van der Waals surface area contributed by atoms with Crippen LogP contribution in [0.4, 0.5) is 0 Å². The third-order valence-corrected chi connectivity index (χ3v) is 4.24. The molecule has 0 aliphatic carbocycles. The standard InChI is InChI=1S/C20H25N3O3.HI/c1-14-4-6-17(24-3)16(10-14)8-9-22-20(21-2)23-12-15-5-7-18-19(11-15)26-13-25-18;/h4-7,10-11H,8-9,12-13H2,1-3H3,(H2,21,22,23);1H. The minimum absolute atomic E-state index is 0. The maximum atomic E-state index is 5.43. The lowest BCUT2D eigenvalue weighted by Gasteiger charge is -2.14. The van der Waals surface area contributed by atoms with Gasteiger partial charge in [0.1, 0.15) is 5.75 Å². The van der Waals surface area contributed by atoms with Gasteiger partial charge in [-0.2, -0.15) is 0 Å². The van der Waals surface area contributed by atoms with Gasteiger partial charge in [-0.1, -0.05) is 23.8 Å². The van der Waals surface area contributed by atoms with Gasteiger partial charge < -0.3 is 24.8 Å². The van der Waals surface area contributed by atoms with Crippen LogP contribution in [0.3, 0.4) is 0 Å². The summed E-state index contributed by atoms with van der Waals surface area (Å²) in [4.78, 5) is 4.27. The van der Waals surface area contributed by atoms with E-state index in [0.29, 0.717) is 6.54 Å². The molecule has 0 bridgehead atoms. The van der Waals surface area contributed by atoms with Crippen molar-refractivity contribution in [3.8, 4) is 17.2 Å². The second-order valence-electron chi connectivity index (χ2n) is 6.11. The molecule has 0 saturated carbocycles. The fraction of sp³-hybridized carbons (Fsp3) is 0.350. The predicted octanol–water partition coefficient (Wildman–Crippen LogP) is 3.26. The minimum Gasteiger partial charge on any atom is -0.496 e. The van der Waals surface area contributed by atoms with Crippen molar-refractivity contribution < 1.29 is 14.2 Å². The van der Waals surface area contributed by atoms with Crippen molar-refractivity contribution >= 4 is 29.9 Å². The molecule has 0 atom stereocenters. The molecule has 1 aliphatic rings. The molecule has 0 saturated heterocycles. The molecule has 2 aromatic rings. The molecule has 146 valence electrons. The first kappa shape index (κ1) is 21.1. The van der Waals surface area contributed by atoms with Gasteiger partial charge in [0.15, 0.2) is 17.5 Å². The maximum Gasteiger partial charge on any atom is 0.231 e. The Morgan fingerprint density at radius 1 is 1.11 bits per heavy atom. The van der Waals surface area contributed by atoms with Crippen LogP contribution in [-0.4, -0.2) is 33.5 Å². The number of benzene rings is 2. The highest BCUT2D eigenvalue weighted by Gasteiger charge is 2.13. The number of aryl methyl sites for hydroxylation is 1. The molecule has 0 aromatic heterocycles. The number of rotatable bonds is 6. The number of methoxy groups -OCH3 is 1. The Morgan fingerprint density at radius 2 is 1.93 bits per heavy atom. The topological polar surface area (TPSA) is 64.1 Å². The zero-order valence-electron chi connectivity index (χ0n) is 15.9. The summed E-state index contributed by atoms with van der Waals surface area (Å²) in [7, 11) is 3.47. The van der Waals surface area contributed by atoms with Crippen molar-refractivity contribution in [3.63, 3.8) is 0 Å². The first-order valence-corrected chi connectivity index (χ1v) is 8.66. The maximum absolute atomic E-state index is 5.43. The number of hydrogen-bond acceptors (Lipinski definition) is 4. The number of hydrogen-bond donors (Lipinski definition) is 2. The van der Waals surface area contributed by atoms with E-state index in [9.17, 15) is 0 Å². The van der Waals surface area contributed by atoms with Crippen LogP contribution in [0, 0.1) is 6.92 Å². The van der Waals surface area contributed by atoms with Crippen LogP contribution in [0.25, 0.3) is 0 Å². The predicted molar refractivity (Wildman–Crippen MR) is 118 cm³/mol. The van der Waals surface area contributed by atoms with Crippen LogP contribution in [0.1, 0.15) is 16.7 Å². The molecular weight excluding hydrogens is 457 g/mol. The van der Waals surface area contributed by atoms with Crippen LogP contribution in [0.5, 0.6) is 17.2 Å². The summed E-state index contributed by atoms with van der Waals surface area (Å²) in [6.07, 6.45) is 0.857. The summed E-state index contributed by atoms with van der Waals surface area (Å²) in [5, 5.41) is 6.65. The third-order valence-electron chi connectivity index (χ3n) is 4.24. The minimum atomic E-state index is 0. The Hall–Kier alpha value is -2.16. The zero-order chi connectivity index (χ0) is 18.4. The highest BCUT2D eigenvalue weighted by molar-refractivity contribution is 14.0. The first-order chi connectivity index (χ1) is 12.7. The molecule has 7 heteroatoms. The Bertz CT molecular complexity index is 796. The largest absolute Gasteiger partial charge is 0.496 e. The van der Waals surface area contributed by atoms with Gasteiger partial charge in [-0.25, -0.2) is 0 Å². The molecule has 2 aromatic carbocycles. The van der Waals surface area contributed by atoms with E-state index in [2.05, 4.69) is 34.7 Å². The molecule has 0 fully saturated rings. The Balaban J connectivity index is 0.00000261. The van der Waals surface area contributed by atoms with E-state index in [1.54, 1.807) is 14.2 Å². The molecule has 0 spiro atoms. The van der Waals surface area contributed by atoms with Crippen molar-refractivity contribution in [2.75, 3.05) is 27.5 Å². The Kier molecular flexibility index (Phi) is 8.02. The molecule has 2 N–H and O–H groups in total. The van der Waals surface area contributed by atoms with Crippen molar-refractivity contribution in [1.29, 1.82) is 0 Å². The molecule has 3 rings (SSSR count). The second-order valence-corrected chi connectivity index (χ2v) is 6.11. The van der Waals surface area contributed by atoms with Gasteiger partial charge in [-0.15, -0.1) is 24.0 Å². The third kappa shape index (κ3) is 5.66. The number of nitrogens with zero attached hydrogens (tertiary/aromatic N) is 1. The lowest BCUT2D eigenvalue weighted by Crippen LogP contribution is -2.37. The van der Waals surface area contributed by atoms with Gasteiger partial charge >= 0.3 is 0 Å². The average Bonchev–Trinajstić information content (AvgIpc) is 3.12. The summed E-state index contributed by atoms with van der Waals surface area (Å²) in [6.45, 7) is 3.80. The number of guanidine groups is 1. The van der Waals surface area contributed by atoms with Crippen molar-refractivity contribution in [2.24, 2.45) is 4.99 Å². The Morgan fingerprint density at radius 3 is 2.70 bits per heavy atom. The molecule has 6 nitrogen and oxygen atoms in total. The lowest BCUT2D eigenvalue weighted by molar-refractivity contribution is 0.174. The quantitative estimate of drug-likeness (QED) is 0.375. The highest BCUT2D eigenvalue weighted by atomic mass is 127. The smallest absolute Gasteiger partial charge is 0.231 e. The monoisotopic (exact) mass is 483 g/mol. The molecular formula is C20H26IN3O3. The van der Waals surface area contributed by atoms with Crippen molar-refractivity contribution in [2.45, 2.75) is 19.9 Å². The fourth-order valence-corrected chi connectivity index (χ4v) is 2.88. The van der Waals surface area contributed by atoms with E-state index in [1.165, 1.54) is 11.1 Å². The Labute approximate surface area is 177 Å². The zero-order valence-corrected chi connectivity index (χ0v) is 18.2. The van der Waals surface area contributed by atoms with Crippen LogP contribution >= 0.6 is 24.0 Å². The molecule has 0 amide bonds. The molecule has 27 heavy (non-hydrogen) atoms. The van der Waals surface area contributed by atoms with Gasteiger partial charge in [-0.3, -0.25) is 4.99 Å². The average molecular weight is 483 g/mol. The van der Waals surface area contributed by atoms with Gasteiger partial charge in [0.05, 0.1) is 7.11 Å². The summed E-state index contributed by atoms with van der Waals surface area (Å²) in [5.74, 6) is 3.26. The fourth-order valence-electron chi connectivity index (χ4n) is 2.88. The van der Waals surface area contributed by atoms with E-state index < -0.39 is 0 Å². The van der Waals surface area contributed by atoms with E-state index >= 15 is 0 Å². The molecule has 0 unspecified atom stereocenters. The van der Waals surface area contributed by atoms with E-state index in [-0.39, 0.29) is 30.8 Å². The number of aliphatic imine (C=N–C) groups is 1. The van der Waals surface area contributed by atoms with Crippen LogP contribution < -0.4 is 24.8 Å². The van der Waals surface area contributed by atoms with Gasteiger partial charge in [0, 0.05) is 20.1 Å². The molecule has 1 aliphatic heterocycles. The van der Waals surface area contributed by atoms with E-state index in [0.717, 1.165) is 41.7 Å². The summed E-state index contributed by atoms with van der Waals surface area (Å²) in [5.41, 5.74) is 3.52. The summed E-state index contributed by atoms with van der Waals surface area (Å²) < 4.78 is 16.2. The lowest BCUT2D eigenvalue weighted by atomic mass is 10.1. The van der Waals surface area contributed by atoms with E-state index in [4.69, 9.17) is 14.2 Å². The molecule has 1 heterocycles. The normalized spacial score (nSPS) is 12.3. The first-order valence-electron chi connectivity index (χ1n) is 8.66. The number of halogens is 1. The number of fused-ring (bicyclic) bond motifs is 1. The van der Waals surface area contributed by atoms with Crippen LogP contribution in [0.2, 0.25) is 0 Å². The summed E-state index contributed by atoms with van der Waals surface area (Å²) in [6, 6.07) is 12.2. The number of ether oxygens (including phenoxy) is 3. The van der Waals surface area contributed by atoms with Gasteiger partial charge in [0.2, 0.25) is 6.79 Å². The number of nitrogens with one attached hydrogen (secondary N) is 2. The SMILES string of the molecule is CN=C(NCCc1cc(C)ccc1OC)NCc1ccc2c(c1)OCO2.I. The highest BCUT2D eigenvalue weighted by Crippen LogP contribution is 2.32. The second kappa shape index (κ2) is 10.2. The van der Waals surface area contributed by atoms with Crippen molar-refractivity contribution in [3.05, 3.63) is 53.1 Å². The van der Waals surface area contributed by atoms with Gasteiger partial charge in [-0.05, 0) is 42.7 Å². The summed E-state index contributed by atoms with van der Waals surface area (Å²) >= 11 is 0. The van der Waals surface area contributed by atoms with Crippen LogP contribution in [0.15, 0.2) is 41.4 Å².